The summed E-state index contributed by atoms with van der Waals surface area (Å²) >= 11 is 1.38. The van der Waals surface area contributed by atoms with Gasteiger partial charge in [0.25, 0.3) is 5.91 Å². The maximum atomic E-state index is 13.3. The number of rotatable bonds is 6. The lowest BCUT2D eigenvalue weighted by atomic mass is 10.1. The molecule has 0 bridgehead atoms. The largest absolute Gasteiger partial charge is 0.497 e. The van der Waals surface area contributed by atoms with Gasteiger partial charge in [-0.05, 0) is 43.7 Å². The summed E-state index contributed by atoms with van der Waals surface area (Å²) in [5.74, 6) is 2.43. The first kappa shape index (κ1) is 20.9. The summed E-state index contributed by atoms with van der Waals surface area (Å²) in [6, 6.07) is 9.20. The van der Waals surface area contributed by atoms with Gasteiger partial charge in [-0.15, -0.1) is 11.3 Å². The van der Waals surface area contributed by atoms with Crippen molar-refractivity contribution in [3.63, 3.8) is 0 Å². The lowest BCUT2D eigenvalue weighted by Gasteiger charge is -2.19. The van der Waals surface area contributed by atoms with E-state index in [1.807, 2.05) is 38.1 Å². The van der Waals surface area contributed by atoms with Crippen molar-refractivity contribution in [2.75, 3.05) is 21.3 Å². The highest BCUT2D eigenvalue weighted by Gasteiger charge is 2.23. The predicted octanol–water partition coefficient (Wildman–Crippen LogP) is 4.86. The Labute approximate surface area is 184 Å². The molecule has 4 rings (SSSR count). The molecule has 0 radical (unpaired) electrons. The number of benzene rings is 1. The monoisotopic (exact) mass is 437 g/mol. The van der Waals surface area contributed by atoms with Crippen molar-refractivity contribution >= 4 is 27.5 Å². The van der Waals surface area contributed by atoms with Crippen molar-refractivity contribution in [1.82, 2.24) is 14.9 Å². The molecule has 1 aromatic carbocycles. The molecule has 8 heteroatoms. The standard InChI is InChI=1S/C23H23N3O4S/c1-13-19-14(2)24-21(17-7-6-10-30-17)25-22(19)31-20(13)23(27)26(3)12-15-8-9-16(28-4)11-18(15)29-5/h6-11H,12H2,1-5H3. The number of amides is 1. The van der Waals surface area contributed by atoms with Crippen LogP contribution in [0.25, 0.3) is 21.8 Å². The van der Waals surface area contributed by atoms with Crippen molar-refractivity contribution in [2.24, 2.45) is 0 Å². The fourth-order valence-electron chi connectivity index (χ4n) is 3.54. The minimum atomic E-state index is -0.0719. The number of hydrogen-bond donors (Lipinski definition) is 0. The van der Waals surface area contributed by atoms with Crippen LogP contribution in [-0.2, 0) is 6.54 Å². The summed E-state index contributed by atoms with van der Waals surface area (Å²) in [6.07, 6.45) is 1.59. The van der Waals surface area contributed by atoms with Crippen molar-refractivity contribution in [1.29, 1.82) is 0 Å². The van der Waals surface area contributed by atoms with E-state index in [2.05, 4.69) is 9.97 Å². The van der Waals surface area contributed by atoms with Gasteiger partial charge in [0.05, 0.1) is 31.1 Å². The van der Waals surface area contributed by atoms with Gasteiger partial charge >= 0.3 is 0 Å². The van der Waals surface area contributed by atoms with E-state index >= 15 is 0 Å². The van der Waals surface area contributed by atoms with Crippen LogP contribution < -0.4 is 9.47 Å². The average molecular weight is 438 g/mol. The molecule has 0 N–H and O–H groups in total. The van der Waals surface area contributed by atoms with Gasteiger partial charge in [0.1, 0.15) is 16.3 Å². The van der Waals surface area contributed by atoms with Gasteiger partial charge in [0.15, 0.2) is 11.6 Å². The molecule has 3 aromatic heterocycles. The highest BCUT2D eigenvalue weighted by atomic mass is 32.1. The molecule has 0 aliphatic rings. The van der Waals surface area contributed by atoms with Gasteiger partial charge in [0, 0.05) is 30.6 Å². The van der Waals surface area contributed by atoms with Gasteiger partial charge in [-0.2, -0.15) is 0 Å². The summed E-state index contributed by atoms with van der Waals surface area (Å²) in [4.78, 5) is 25.6. The number of ether oxygens (including phenoxy) is 2. The number of hydrogen-bond acceptors (Lipinski definition) is 7. The maximum absolute atomic E-state index is 13.3. The number of carbonyl (C=O) groups is 1. The first-order valence-corrected chi connectivity index (χ1v) is 10.5. The van der Waals surface area contributed by atoms with Crippen LogP contribution in [0.5, 0.6) is 11.5 Å². The van der Waals surface area contributed by atoms with Gasteiger partial charge in [-0.25, -0.2) is 9.97 Å². The van der Waals surface area contributed by atoms with Crippen molar-refractivity contribution in [3.05, 3.63) is 58.3 Å². The molecular formula is C23H23N3O4S. The van der Waals surface area contributed by atoms with Crippen LogP contribution >= 0.6 is 11.3 Å². The zero-order valence-corrected chi connectivity index (χ0v) is 18.9. The number of aryl methyl sites for hydroxylation is 2. The Hall–Kier alpha value is -3.39. The second kappa shape index (κ2) is 8.39. The van der Waals surface area contributed by atoms with Crippen molar-refractivity contribution < 1.29 is 18.7 Å². The summed E-state index contributed by atoms with van der Waals surface area (Å²) in [5.41, 5.74) is 2.61. The van der Waals surface area contributed by atoms with Crippen LogP contribution in [0.1, 0.15) is 26.5 Å². The molecule has 0 aliphatic carbocycles. The molecule has 1 amide bonds. The van der Waals surface area contributed by atoms with Crippen LogP contribution in [0.2, 0.25) is 0 Å². The summed E-state index contributed by atoms with van der Waals surface area (Å²) in [7, 11) is 4.99. The van der Waals surface area contributed by atoms with Crippen molar-refractivity contribution in [2.45, 2.75) is 20.4 Å². The molecule has 0 spiro atoms. The fourth-order valence-corrected chi connectivity index (χ4v) is 4.77. The van der Waals surface area contributed by atoms with Gasteiger partial charge < -0.3 is 18.8 Å². The molecule has 31 heavy (non-hydrogen) atoms. The molecule has 0 aliphatic heterocycles. The molecule has 0 atom stereocenters. The number of thiophene rings is 1. The Kier molecular flexibility index (Phi) is 5.65. The third kappa shape index (κ3) is 3.86. The van der Waals surface area contributed by atoms with E-state index in [0.29, 0.717) is 34.5 Å². The lowest BCUT2D eigenvalue weighted by Crippen LogP contribution is -2.26. The van der Waals surface area contributed by atoms with E-state index < -0.39 is 0 Å². The van der Waals surface area contributed by atoms with E-state index in [1.165, 1.54) is 11.3 Å². The highest BCUT2D eigenvalue weighted by Crippen LogP contribution is 2.34. The fraction of sp³-hybridized carbons (Fsp3) is 0.261. The molecule has 0 saturated heterocycles. The summed E-state index contributed by atoms with van der Waals surface area (Å²) < 4.78 is 16.2. The zero-order valence-electron chi connectivity index (χ0n) is 18.1. The second-order valence-electron chi connectivity index (χ2n) is 7.19. The van der Waals surface area contributed by atoms with Gasteiger partial charge in [-0.1, -0.05) is 0 Å². The Bertz CT molecular complexity index is 1250. The molecule has 0 saturated carbocycles. The third-order valence-electron chi connectivity index (χ3n) is 5.16. The smallest absolute Gasteiger partial charge is 0.264 e. The van der Waals surface area contributed by atoms with Crippen LogP contribution in [-0.4, -0.2) is 42.0 Å². The number of nitrogens with zero attached hydrogens (tertiary/aromatic N) is 3. The number of aromatic nitrogens is 2. The molecular weight excluding hydrogens is 414 g/mol. The van der Waals surface area contributed by atoms with Crippen LogP contribution in [0.4, 0.5) is 0 Å². The highest BCUT2D eigenvalue weighted by molar-refractivity contribution is 7.20. The first-order valence-electron chi connectivity index (χ1n) is 9.71. The lowest BCUT2D eigenvalue weighted by molar-refractivity contribution is 0.0788. The topological polar surface area (TPSA) is 77.7 Å². The van der Waals surface area contributed by atoms with Crippen LogP contribution in [0, 0.1) is 13.8 Å². The molecule has 4 aromatic rings. The van der Waals surface area contributed by atoms with E-state index in [4.69, 9.17) is 13.9 Å². The van der Waals surface area contributed by atoms with E-state index in [-0.39, 0.29) is 5.91 Å². The minimum Gasteiger partial charge on any atom is -0.497 e. The molecule has 3 heterocycles. The first-order chi connectivity index (χ1) is 14.9. The third-order valence-corrected chi connectivity index (χ3v) is 6.33. The normalized spacial score (nSPS) is 11.0. The van der Waals surface area contributed by atoms with Gasteiger partial charge in [-0.3, -0.25) is 4.79 Å². The van der Waals surface area contributed by atoms with E-state index in [9.17, 15) is 4.79 Å². The zero-order chi connectivity index (χ0) is 22.1. The van der Waals surface area contributed by atoms with Gasteiger partial charge in [0.2, 0.25) is 0 Å². The predicted molar refractivity (Wildman–Crippen MR) is 120 cm³/mol. The SMILES string of the molecule is COc1ccc(CN(C)C(=O)c2sc3nc(-c4ccco4)nc(C)c3c2C)c(OC)c1. The molecule has 160 valence electrons. The summed E-state index contributed by atoms with van der Waals surface area (Å²) in [6.45, 7) is 4.27. The number of carbonyl (C=O) groups excluding carboxylic acids is 1. The minimum absolute atomic E-state index is 0.0719. The van der Waals surface area contributed by atoms with Crippen LogP contribution in [0.15, 0.2) is 41.0 Å². The summed E-state index contributed by atoms with van der Waals surface area (Å²) in [5, 5.41) is 0.916. The molecule has 7 nitrogen and oxygen atoms in total. The van der Waals surface area contributed by atoms with E-state index in [1.54, 1.807) is 38.5 Å². The maximum Gasteiger partial charge on any atom is 0.264 e. The van der Waals surface area contributed by atoms with E-state index in [0.717, 1.165) is 27.0 Å². The molecule has 0 unspecified atom stereocenters. The quantitative estimate of drug-likeness (QED) is 0.429. The Morgan fingerprint density at radius 3 is 2.65 bits per heavy atom. The van der Waals surface area contributed by atoms with Crippen molar-refractivity contribution in [3.8, 4) is 23.1 Å². The Balaban J connectivity index is 1.66. The Morgan fingerprint density at radius 1 is 1.16 bits per heavy atom. The molecule has 0 fully saturated rings. The van der Waals surface area contributed by atoms with Crippen LogP contribution in [0.3, 0.4) is 0 Å². The number of fused-ring (bicyclic) bond motifs is 1. The second-order valence-corrected chi connectivity index (χ2v) is 8.18. The number of furan rings is 1. The number of methoxy groups -OCH3 is 2. The Morgan fingerprint density at radius 2 is 1.97 bits per heavy atom. The average Bonchev–Trinajstić information content (AvgIpc) is 3.42.